The van der Waals surface area contributed by atoms with Gasteiger partial charge in [0.2, 0.25) is 0 Å². The maximum absolute atomic E-state index is 9.83. The van der Waals surface area contributed by atoms with Crippen LogP contribution in [0.15, 0.2) is 46.0 Å². The smallest absolute Gasteiger partial charge is 0.191 e. The number of furan rings is 1. The van der Waals surface area contributed by atoms with E-state index in [-0.39, 0.29) is 29.7 Å². The Kier molecular flexibility index (Phi) is 11.3. The highest BCUT2D eigenvalue weighted by Crippen LogP contribution is 2.26. The highest BCUT2D eigenvalue weighted by molar-refractivity contribution is 14.0. The summed E-state index contributed by atoms with van der Waals surface area (Å²) in [5, 5.41) is 16.3. The van der Waals surface area contributed by atoms with Crippen molar-refractivity contribution >= 4 is 29.9 Å². The molecule has 7 nitrogen and oxygen atoms in total. The molecular weight excluding hydrogens is 461 g/mol. The lowest BCUT2D eigenvalue weighted by Gasteiger charge is -2.11. The van der Waals surface area contributed by atoms with Crippen molar-refractivity contribution in [1.29, 1.82) is 0 Å². The topological polar surface area (TPSA) is 88.3 Å². The molecule has 0 fully saturated rings. The van der Waals surface area contributed by atoms with Crippen LogP contribution in [-0.2, 0) is 17.9 Å². The van der Waals surface area contributed by atoms with Crippen molar-refractivity contribution in [3.05, 3.63) is 47.9 Å². The average molecular weight is 489 g/mol. The van der Waals surface area contributed by atoms with Gasteiger partial charge in [-0.15, -0.1) is 24.0 Å². The zero-order chi connectivity index (χ0) is 18.6. The summed E-state index contributed by atoms with van der Waals surface area (Å²) in [6.45, 7) is 5.12. The number of hydrogen-bond donors (Lipinski definition) is 3. The second-order valence-electron chi connectivity index (χ2n) is 5.61. The van der Waals surface area contributed by atoms with Crippen molar-refractivity contribution in [3.63, 3.8) is 0 Å². The molecule has 1 aromatic heterocycles. The molecule has 0 aliphatic carbocycles. The molecule has 2 aromatic rings. The minimum atomic E-state index is 0. The number of benzene rings is 1. The number of nitrogens with one attached hydrogen (secondary N) is 2. The third-order valence-corrected chi connectivity index (χ3v) is 3.59. The van der Waals surface area contributed by atoms with Gasteiger partial charge in [0.15, 0.2) is 17.5 Å². The van der Waals surface area contributed by atoms with E-state index in [1.165, 1.54) is 7.11 Å². The van der Waals surface area contributed by atoms with E-state index in [0.717, 1.165) is 36.8 Å². The zero-order valence-corrected chi connectivity index (χ0v) is 18.1. The van der Waals surface area contributed by atoms with Crippen LogP contribution < -0.4 is 15.4 Å². The molecule has 0 bridgehead atoms. The Hall–Kier alpha value is -1.94. The Bertz CT molecular complexity index is 678. The predicted octanol–water partition coefficient (Wildman–Crippen LogP) is 3.27. The van der Waals surface area contributed by atoms with E-state index in [4.69, 9.17) is 13.9 Å². The fourth-order valence-electron chi connectivity index (χ4n) is 2.29. The first kappa shape index (κ1) is 23.1. The molecule has 3 N–H and O–H groups in total. The number of halogens is 1. The van der Waals surface area contributed by atoms with Crippen LogP contribution in [0.4, 0.5) is 0 Å². The number of nitrogens with zero attached hydrogens (tertiary/aromatic N) is 1. The van der Waals surface area contributed by atoms with Crippen LogP contribution >= 0.6 is 24.0 Å². The molecular formula is C19H28IN3O4. The Balaban J connectivity index is 0.00000364. The van der Waals surface area contributed by atoms with Gasteiger partial charge in [-0.2, -0.15) is 0 Å². The van der Waals surface area contributed by atoms with Gasteiger partial charge in [0.25, 0.3) is 0 Å². The normalized spacial score (nSPS) is 11.0. The van der Waals surface area contributed by atoms with Crippen molar-refractivity contribution in [2.24, 2.45) is 4.99 Å². The monoisotopic (exact) mass is 489 g/mol. The summed E-state index contributed by atoms with van der Waals surface area (Å²) in [6.07, 6.45) is 2.50. The molecule has 0 saturated heterocycles. The highest BCUT2D eigenvalue weighted by Gasteiger charge is 2.03. The van der Waals surface area contributed by atoms with Crippen LogP contribution in [0.25, 0.3) is 0 Å². The Morgan fingerprint density at radius 2 is 2.11 bits per heavy atom. The van der Waals surface area contributed by atoms with E-state index < -0.39 is 0 Å². The maximum Gasteiger partial charge on any atom is 0.191 e. The lowest BCUT2D eigenvalue weighted by atomic mass is 10.2. The number of methoxy groups -OCH3 is 1. The van der Waals surface area contributed by atoms with Crippen LogP contribution in [0.2, 0.25) is 0 Å². The van der Waals surface area contributed by atoms with E-state index in [1.807, 2.05) is 25.1 Å². The first-order valence-electron chi connectivity index (χ1n) is 8.71. The fraction of sp³-hybridized carbons (Fsp3) is 0.421. The van der Waals surface area contributed by atoms with Gasteiger partial charge in [-0.05, 0) is 43.2 Å². The van der Waals surface area contributed by atoms with E-state index in [1.54, 1.807) is 18.4 Å². The summed E-state index contributed by atoms with van der Waals surface area (Å²) in [7, 11) is 1.53. The van der Waals surface area contributed by atoms with Crippen LogP contribution in [0.3, 0.4) is 0 Å². The van der Waals surface area contributed by atoms with Gasteiger partial charge in [-0.3, -0.25) is 0 Å². The Morgan fingerprint density at radius 1 is 1.26 bits per heavy atom. The Labute approximate surface area is 177 Å². The third-order valence-electron chi connectivity index (χ3n) is 3.59. The first-order chi connectivity index (χ1) is 12.7. The molecule has 1 heterocycles. The van der Waals surface area contributed by atoms with Gasteiger partial charge in [-0.25, -0.2) is 4.99 Å². The number of guanidine groups is 1. The Morgan fingerprint density at radius 3 is 2.78 bits per heavy atom. The van der Waals surface area contributed by atoms with Crippen LogP contribution in [-0.4, -0.2) is 37.9 Å². The molecule has 0 aliphatic heterocycles. The molecule has 0 unspecified atom stereocenters. The van der Waals surface area contributed by atoms with E-state index in [0.29, 0.717) is 25.5 Å². The first-order valence-corrected chi connectivity index (χ1v) is 8.71. The quantitative estimate of drug-likeness (QED) is 0.206. The van der Waals surface area contributed by atoms with Crippen molar-refractivity contribution < 1.29 is 19.0 Å². The summed E-state index contributed by atoms with van der Waals surface area (Å²) in [5.41, 5.74) is 0.905. The summed E-state index contributed by atoms with van der Waals surface area (Å²) < 4.78 is 15.8. The number of aliphatic imine (C=N–C) groups is 1. The summed E-state index contributed by atoms with van der Waals surface area (Å²) >= 11 is 0. The number of aromatic hydroxyl groups is 1. The third kappa shape index (κ3) is 8.53. The molecule has 2 rings (SSSR count). The second kappa shape index (κ2) is 13.3. The van der Waals surface area contributed by atoms with Crippen LogP contribution in [0.1, 0.15) is 24.7 Å². The molecule has 27 heavy (non-hydrogen) atoms. The van der Waals surface area contributed by atoms with Gasteiger partial charge in [0.1, 0.15) is 12.4 Å². The average Bonchev–Trinajstić information content (AvgIpc) is 3.16. The van der Waals surface area contributed by atoms with Gasteiger partial charge in [0, 0.05) is 19.7 Å². The standard InChI is InChI=1S/C19H27N3O4.HI/c1-3-20-19(21-9-5-10-25-14-16-6-4-11-26-16)22-13-15-7-8-18(24-2)17(23)12-15;/h4,6-8,11-12,23H,3,5,9-10,13-14H2,1-2H3,(H2,20,21,22);1H. The molecule has 0 aliphatic rings. The van der Waals surface area contributed by atoms with Crippen molar-refractivity contribution in [2.45, 2.75) is 26.5 Å². The number of ether oxygens (including phenoxy) is 2. The van der Waals surface area contributed by atoms with Gasteiger partial charge < -0.3 is 29.6 Å². The van der Waals surface area contributed by atoms with Crippen molar-refractivity contribution in [2.75, 3.05) is 26.8 Å². The number of phenolic OH excluding ortho intramolecular Hbond substituents is 1. The van der Waals surface area contributed by atoms with Crippen molar-refractivity contribution in [3.8, 4) is 11.5 Å². The second-order valence-corrected chi connectivity index (χ2v) is 5.61. The van der Waals surface area contributed by atoms with E-state index in [2.05, 4.69) is 15.6 Å². The molecule has 0 atom stereocenters. The lowest BCUT2D eigenvalue weighted by molar-refractivity contribution is 0.105. The SMILES string of the molecule is CCNC(=NCc1ccc(OC)c(O)c1)NCCCOCc1ccco1.I. The highest BCUT2D eigenvalue weighted by atomic mass is 127. The lowest BCUT2D eigenvalue weighted by Crippen LogP contribution is -2.38. The largest absolute Gasteiger partial charge is 0.504 e. The minimum Gasteiger partial charge on any atom is -0.504 e. The van der Waals surface area contributed by atoms with Gasteiger partial charge in [-0.1, -0.05) is 6.07 Å². The van der Waals surface area contributed by atoms with Crippen LogP contribution in [0.5, 0.6) is 11.5 Å². The van der Waals surface area contributed by atoms with Crippen LogP contribution in [0, 0.1) is 0 Å². The van der Waals surface area contributed by atoms with Gasteiger partial charge in [0.05, 0.1) is 19.9 Å². The summed E-state index contributed by atoms with van der Waals surface area (Å²) in [6, 6.07) is 9.02. The number of hydrogen-bond acceptors (Lipinski definition) is 5. The molecule has 0 spiro atoms. The van der Waals surface area contributed by atoms with E-state index in [9.17, 15) is 5.11 Å². The fourth-order valence-corrected chi connectivity index (χ4v) is 2.29. The minimum absolute atomic E-state index is 0. The summed E-state index contributed by atoms with van der Waals surface area (Å²) in [4.78, 5) is 4.53. The summed E-state index contributed by atoms with van der Waals surface area (Å²) in [5.74, 6) is 2.13. The maximum atomic E-state index is 9.83. The molecule has 150 valence electrons. The van der Waals surface area contributed by atoms with E-state index >= 15 is 0 Å². The molecule has 0 amide bonds. The number of rotatable bonds is 10. The predicted molar refractivity (Wildman–Crippen MR) is 116 cm³/mol. The van der Waals surface area contributed by atoms with Crippen molar-refractivity contribution in [1.82, 2.24) is 10.6 Å². The molecule has 0 saturated carbocycles. The molecule has 8 heteroatoms. The molecule has 0 radical (unpaired) electrons. The molecule has 1 aromatic carbocycles. The van der Waals surface area contributed by atoms with Gasteiger partial charge >= 0.3 is 0 Å². The zero-order valence-electron chi connectivity index (χ0n) is 15.7. The number of phenols is 1.